The molecular weight excluding hydrogens is 293 g/mol. The Labute approximate surface area is 122 Å². The number of alkyl halides is 2. The molecule has 0 saturated heterocycles. The SMILES string of the molecule is C=C(Cl)CN(Cc1ccccc1)C(=O)C(C)(Cl)Cl. The summed E-state index contributed by atoms with van der Waals surface area (Å²) < 4.78 is -1.47. The minimum absolute atomic E-state index is 0.213. The Bertz CT molecular complexity index is 426. The monoisotopic (exact) mass is 305 g/mol. The second-order valence-electron chi connectivity index (χ2n) is 4.05. The minimum atomic E-state index is -1.47. The average molecular weight is 307 g/mol. The lowest BCUT2D eigenvalue weighted by molar-refractivity contribution is -0.131. The molecular formula is C13H14Cl3NO. The van der Waals surface area contributed by atoms with Crippen LogP contribution in [0.3, 0.4) is 0 Å². The molecule has 18 heavy (non-hydrogen) atoms. The van der Waals surface area contributed by atoms with Gasteiger partial charge in [0, 0.05) is 11.6 Å². The highest BCUT2D eigenvalue weighted by molar-refractivity contribution is 6.57. The van der Waals surface area contributed by atoms with Crippen molar-refractivity contribution in [1.29, 1.82) is 0 Å². The Hall–Kier alpha value is -0.700. The van der Waals surface area contributed by atoms with Gasteiger partial charge in [-0.15, -0.1) is 0 Å². The molecule has 0 aliphatic rings. The van der Waals surface area contributed by atoms with Crippen LogP contribution in [0.25, 0.3) is 0 Å². The quantitative estimate of drug-likeness (QED) is 0.754. The topological polar surface area (TPSA) is 20.3 Å². The fraction of sp³-hybridized carbons (Fsp3) is 0.308. The largest absolute Gasteiger partial charge is 0.331 e. The second-order valence-corrected chi connectivity index (χ2v) is 6.29. The van der Waals surface area contributed by atoms with Crippen LogP contribution in [0.2, 0.25) is 0 Å². The molecule has 0 bridgehead atoms. The zero-order chi connectivity index (χ0) is 13.8. The Morgan fingerprint density at radius 2 is 1.89 bits per heavy atom. The van der Waals surface area contributed by atoms with Gasteiger partial charge in [-0.05, 0) is 12.5 Å². The summed E-state index contributed by atoms with van der Waals surface area (Å²) in [6.45, 7) is 5.63. The third-order valence-corrected chi connectivity index (χ3v) is 2.68. The van der Waals surface area contributed by atoms with Gasteiger partial charge in [-0.25, -0.2) is 0 Å². The van der Waals surface area contributed by atoms with Crippen molar-refractivity contribution in [2.45, 2.75) is 17.8 Å². The summed E-state index contributed by atoms with van der Waals surface area (Å²) in [5.74, 6) is -0.392. The number of halogens is 3. The van der Waals surface area contributed by atoms with Gasteiger partial charge in [-0.3, -0.25) is 4.79 Å². The van der Waals surface area contributed by atoms with E-state index >= 15 is 0 Å². The Balaban J connectivity index is 2.86. The van der Waals surface area contributed by atoms with E-state index in [-0.39, 0.29) is 6.54 Å². The van der Waals surface area contributed by atoms with Crippen molar-refractivity contribution < 1.29 is 4.79 Å². The van der Waals surface area contributed by atoms with Gasteiger partial charge in [0.05, 0.1) is 6.54 Å². The van der Waals surface area contributed by atoms with E-state index in [9.17, 15) is 4.79 Å². The zero-order valence-electron chi connectivity index (χ0n) is 10.00. The number of nitrogens with zero attached hydrogens (tertiary/aromatic N) is 1. The van der Waals surface area contributed by atoms with Crippen molar-refractivity contribution in [3.8, 4) is 0 Å². The van der Waals surface area contributed by atoms with Crippen molar-refractivity contribution in [2.24, 2.45) is 0 Å². The van der Waals surface area contributed by atoms with Gasteiger partial charge in [0.25, 0.3) is 5.91 Å². The summed E-state index contributed by atoms with van der Waals surface area (Å²) in [6.07, 6.45) is 0. The molecule has 0 fully saturated rings. The van der Waals surface area contributed by atoms with E-state index in [0.29, 0.717) is 11.6 Å². The van der Waals surface area contributed by atoms with Crippen LogP contribution < -0.4 is 0 Å². The van der Waals surface area contributed by atoms with Crippen LogP contribution in [0.1, 0.15) is 12.5 Å². The lowest BCUT2D eigenvalue weighted by atomic mass is 10.2. The maximum atomic E-state index is 12.1. The second kappa shape index (κ2) is 6.46. The molecule has 0 aliphatic carbocycles. The Morgan fingerprint density at radius 3 is 2.33 bits per heavy atom. The van der Waals surface area contributed by atoms with E-state index in [1.54, 1.807) is 0 Å². The molecule has 0 saturated carbocycles. The molecule has 98 valence electrons. The first-order valence-corrected chi connectivity index (χ1v) is 6.48. The molecule has 1 amide bonds. The summed E-state index contributed by atoms with van der Waals surface area (Å²) in [5, 5.41) is 0.358. The maximum Gasteiger partial charge on any atom is 0.259 e. The third-order valence-electron chi connectivity index (χ3n) is 2.24. The summed E-state index contributed by atoms with van der Waals surface area (Å²) in [6, 6.07) is 9.53. The number of amides is 1. The molecule has 0 aliphatic heterocycles. The van der Waals surface area contributed by atoms with Gasteiger partial charge in [0.15, 0.2) is 4.33 Å². The van der Waals surface area contributed by atoms with E-state index in [4.69, 9.17) is 34.8 Å². The smallest absolute Gasteiger partial charge is 0.259 e. The van der Waals surface area contributed by atoms with Crippen LogP contribution in [0.15, 0.2) is 41.9 Å². The first-order chi connectivity index (χ1) is 8.30. The van der Waals surface area contributed by atoms with E-state index in [1.807, 2.05) is 30.3 Å². The van der Waals surface area contributed by atoms with Crippen LogP contribution in [0.5, 0.6) is 0 Å². The maximum absolute atomic E-state index is 12.1. The van der Waals surface area contributed by atoms with E-state index in [0.717, 1.165) is 5.56 Å². The van der Waals surface area contributed by atoms with Crippen molar-refractivity contribution in [1.82, 2.24) is 4.90 Å². The van der Waals surface area contributed by atoms with Crippen LogP contribution in [-0.4, -0.2) is 21.7 Å². The molecule has 2 nitrogen and oxygen atoms in total. The molecule has 5 heteroatoms. The van der Waals surface area contributed by atoms with E-state index in [1.165, 1.54) is 11.8 Å². The number of carbonyl (C=O) groups is 1. The minimum Gasteiger partial charge on any atom is -0.331 e. The molecule has 1 aromatic rings. The third kappa shape index (κ3) is 4.89. The van der Waals surface area contributed by atoms with Gasteiger partial charge in [0.2, 0.25) is 0 Å². The highest BCUT2D eigenvalue weighted by atomic mass is 35.5. The number of hydrogen-bond donors (Lipinski definition) is 0. The lowest BCUT2D eigenvalue weighted by Gasteiger charge is -2.26. The number of benzene rings is 1. The van der Waals surface area contributed by atoms with Gasteiger partial charge >= 0.3 is 0 Å². The number of rotatable bonds is 5. The van der Waals surface area contributed by atoms with Crippen molar-refractivity contribution in [2.75, 3.05) is 6.54 Å². The Morgan fingerprint density at radius 1 is 1.33 bits per heavy atom. The number of hydrogen-bond acceptors (Lipinski definition) is 1. The summed E-state index contributed by atoms with van der Waals surface area (Å²) in [4.78, 5) is 13.5. The van der Waals surface area contributed by atoms with Gasteiger partial charge in [-0.2, -0.15) is 0 Å². The fourth-order valence-corrected chi connectivity index (χ4v) is 1.87. The highest BCUT2D eigenvalue weighted by Crippen LogP contribution is 2.24. The predicted molar refractivity (Wildman–Crippen MR) is 77.0 cm³/mol. The molecule has 0 atom stereocenters. The molecule has 0 heterocycles. The molecule has 1 rings (SSSR count). The lowest BCUT2D eigenvalue weighted by Crippen LogP contribution is -2.40. The van der Waals surface area contributed by atoms with Crippen molar-refractivity contribution in [3.63, 3.8) is 0 Å². The van der Waals surface area contributed by atoms with E-state index in [2.05, 4.69) is 6.58 Å². The predicted octanol–water partition coefficient (Wildman–Crippen LogP) is 3.96. The molecule has 0 N–H and O–H groups in total. The van der Waals surface area contributed by atoms with Crippen LogP contribution in [0, 0.1) is 0 Å². The van der Waals surface area contributed by atoms with Crippen LogP contribution in [0.4, 0.5) is 0 Å². The first kappa shape index (κ1) is 15.4. The van der Waals surface area contributed by atoms with Crippen molar-refractivity contribution in [3.05, 3.63) is 47.5 Å². The van der Waals surface area contributed by atoms with Crippen LogP contribution >= 0.6 is 34.8 Å². The van der Waals surface area contributed by atoms with Gasteiger partial charge in [0.1, 0.15) is 0 Å². The van der Waals surface area contributed by atoms with E-state index < -0.39 is 10.2 Å². The zero-order valence-corrected chi connectivity index (χ0v) is 12.3. The molecule has 0 spiro atoms. The fourth-order valence-electron chi connectivity index (χ4n) is 1.49. The van der Waals surface area contributed by atoms with Crippen molar-refractivity contribution >= 4 is 40.7 Å². The molecule has 0 aromatic heterocycles. The van der Waals surface area contributed by atoms with Gasteiger partial charge < -0.3 is 4.90 Å². The highest BCUT2D eigenvalue weighted by Gasteiger charge is 2.32. The first-order valence-electron chi connectivity index (χ1n) is 5.35. The van der Waals surface area contributed by atoms with Gasteiger partial charge in [-0.1, -0.05) is 71.7 Å². The molecule has 0 unspecified atom stereocenters. The normalized spacial score (nSPS) is 11.1. The molecule has 1 aromatic carbocycles. The summed E-state index contributed by atoms with van der Waals surface area (Å²) in [5.41, 5.74) is 0.973. The average Bonchev–Trinajstić information content (AvgIpc) is 2.26. The Kier molecular flexibility index (Phi) is 5.51. The molecule has 0 radical (unpaired) electrons. The van der Waals surface area contributed by atoms with Crippen LogP contribution in [-0.2, 0) is 11.3 Å². The number of carbonyl (C=O) groups excluding carboxylic acids is 1. The summed E-state index contributed by atoms with van der Waals surface area (Å²) >= 11 is 17.4. The summed E-state index contributed by atoms with van der Waals surface area (Å²) in [7, 11) is 0. The standard InChI is InChI=1S/C13H14Cl3NO/c1-10(14)8-17(12(18)13(2,15)16)9-11-6-4-3-5-7-11/h3-7H,1,8-9H2,2H3.